The quantitative estimate of drug-likeness (QED) is 0.669. The van der Waals surface area contributed by atoms with Crippen LogP contribution in [0.3, 0.4) is 0 Å². The van der Waals surface area contributed by atoms with Crippen LogP contribution in [0.5, 0.6) is 0 Å². The average molecular weight is 190 g/mol. The van der Waals surface area contributed by atoms with E-state index in [0.717, 1.165) is 11.4 Å². The van der Waals surface area contributed by atoms with Crippen molar-refractivity contribution in [2.75, 3.05) is 0 Å². The van der Waals surface area contributed by atoms with Gasteiger partial charge in [0.15, 0.2) is 0 Å². The van der Waals surface area contributed by atoms with Crippen LogP contribution in [0.25, 0.3) is 5.69 Å². The SMILES string of the molecule is C[14c]1cc(=O)n(-c2ccccc2)n1C. The van der Waals surface area contributed by atoms with Gasteiger partial charge in [0.05, 0.1) is 5.69 Å². The van der Waals surface area contributed by atoms with E-state index in [9.17, 15) is 4.79 Å². The zero-order valence-corrected chi connectivity index (χ0v) is 8.27. The third-order valence-corrected chi connectivity index (χ3v) is 2.35. The van der Waals surface area contributed by atoms with Crippen molar-refractivity contribution in [1.29, 1.82) is 0 Å². The van der Waals surface area contributed by atoms with Crippen molar-refractivity contribution in [2.24, 2.45) is 7.05 Å². The number of hydrogen-bond acceptors (Lipinski definition) is 1. The van der Waals surface area contributed by atoms with Gasteiger partial charge in [0.1, 0.15) is 0 Å². The molecule has 2 rings (SSSR count). The predicted octanol–water partition coefficient (Wildman–Crippen LogP) is 1.48. The summed E-state index contributed by atoms with van der Waals surface area (Å²) in [4.78, 5) is 11.6. The Bertz CT molecular complexity index is 494. The molecule has 3 heteroatoms. The van der Waals surface area contributed by atoms with Gasteiger partial charge in [-0.05, 0) is 19.1 Å². The van der Waals surface area contributed by atoms with Gasteiger partial charge in [-0.25, -0.2) is 4.68 Å². The second kappa shape index (κ2) is 3.18. The van der Waals surface area contributed by atoms with Crippen LogP contribution in [-0.4, -0.2) is 9.36 Å². The molecule has 1 aromatic carbocycles. The fourth-order valence-electron chi connectivity index (χ4n) is 1.51. The Morgan fingerprint density at radius 1 is 1.21 bits per heavy atom. The summed E-state index contributed by atoms with van der Waals surface area (Å²) < 4.78 is 3.49. The molecule has 1 aromatic heterocycles. The van der Waals surface area contributed by atoms with Gasteiger partial charge >= 0.3 is 0 Å². The smallest absolute Gasteiger partial charge is 0.271 e. The van der Waals surface area contributed by atoms with Crippen molar-refractivity contribution in [2.45, 2.75) is 6.92 Å². The number of aryl methyl sites for hydroxylation is 1. The van der Waals surface area contributed by atoms with Crippen molar-refractivity contribution >= 4 is 0 Å². The van der Waals surface area contributed by atoms with E-state index < -0.39 is 0 Å². The fraction of sp³-hybridized carbons (Fsp3) is 0.182. The topological polar surface area (TPSA) is 26.9 Å². The Balaban J connectivity index is 2.69. The summed E-state index contributed by atoms with van der Waals surface area (Å²) in [5, 5.41) is 0. The van der Waals surface area contributed by atoms with Gasteiger partial charge in [0, 0.05) is 18.8 Å². The molecule has 3 nitrogen and oxygen atoms in total. The highest BCUT2D eigenvalue weighted by Crippen LogP contribution is 2.04. The van der Waals surface area contributed by atoms with E-state index in [-0.39, 0.29) is 5.56 Å². The van der Waals surface area contributed by atoms with Crippen LogP contribution >= 0.6 is 0 Å². The van der Waals surface area contributed by atoms with Crippen LogP contribution in [0.1, 0.15) is 5.69 Å². The van der Waals surface area contributed by atoms with Crippen molar-refractivity contribution in [3.63, 3.8) is 0 Å². The lowest BCUT2D eigenvalue weighted by atomic mass is 10.3. The van der Waals surface area contributed by atoms with Gasteiger partial charge in [-0.2, -0.15) is 0 Å². The molecule has 0 spiro atoms. The monoisotopic (exact) mass is 190 g/mol. The first kappa shape index (κ1) is 8.81. The van der Waals surface area contributed by atoms with Crippen LogP contribution in [0.2, 0.25) is 0 Å². The van der Waals surface area contributed by atoms with E-state index in [0.29, 0.717) is 0 Å². The molecule has 0 saturated heterocycles. The third-order valence-electron chi connectivity index (χ3n) is 2.35. The minimum Gasteiger partial charge on any atom is -0.285 e. The first-order valence-electron chi connectivity index (χ1n) is 4.51. The Hall–Kier alpha value is -1.77. The molecule has 0 unspecified atom stereocenters. The van der Waals surface area contributed by atoms with Gasteiger partial charge in [-0.3, -0.25) is 9.48 Å². The van der Waals surface area contributed by atoms with Crippen LogP contribution < -0.4 is 5.56 Å². The minimum absolute atomic E-state index is 0.0104. The molecule has 0 saturated carbocycles. The van der Waals surface area contributed by atoms with E-state index in [1.807, 2.05) is 49.0 Å². The van der Waals surface area contributed by atoms with E-state index >= 15 is 0 Å². The first-order chi connectivity index (χ1) is 6.70. The fourth-order valence-corrected chi connectivity index (χ4v) is 1.51. The van der Waals surface area contributed by atoms with Gasteiger partial charge in [-0.15, -0.1) is 0 Å². The number of rotatable bonds is 1. The summed E-state index contributed by atoms with van der Waals surface area (Å²) in [5.41, 5.74) is 1.86. The van der Waals surface area contributed by atoms with Gasteiger partial charge < -0.3 is 0 Å². The summed E-state index contributed by atoms with van der Waals surface area (Å²) >= 11 is 0. The van der Waals surface area contributed by atoms with Crippen molar-refractivity contribution < 1.29 is 0 Å². The normalized spacial score (nSPS) is 10.4. The zero-order chi connectivity index (χ0) is 10.1. The maximum atomic E-state index is 11.6. The van der Waals surface area contributed by atoms with E-state index in [1.165, 1.54) is 0 Å². The predicted molar refractivity (Wildman–Crippen MR) is 55.7 cm³/mol. The Morgan fingerprint density at radius 2 is 1.86 bits per heavy atom. The first-order valence-corrected chi connectivity index (χ1v) is 4.51. The van der Waals surface area contributed by atoms with Crippen molar-refractivity contribution in [1.82, 2.24) is 9.36 Å². The molecular weight excluding hydrogens is 178 g/mol. The molecule has 0 bridgehead atoms. The molecule has 0 N–H and O–H groups in total. The summed E-state index contributed by atoms with van der Waals surface area (Å²) in [6.45, 7) is 1.92. The van der Waals surface area contributed by atoms with Gasteiger partial charge in [-0.1, -0.05) is 18.2 Å². The van der Waals surface area contributed by atoms with Crippen molar-refractivity contribution in [3.8, 4) is 5.69 Å². The lowest BCUT2D eigenvalue weighted by molar-refractivity contribution is 0.630. The molecule has 1 heterocycles. The maximum absolute atomic E-state index is 11.6. The maximum Gasteiger partial charge on any atom is 0.271 e. The molecule has 0 radical (unpaired) electrons. The van der Waals surface area contributed by atoms with Crippen LogP contribution in [0.4, 0.5) is 0 Å². The standard InChI is InChI=1S/C11H12N2O/c1-9-8-11(14)13(12(9)2)10-6-4-3-5-7-10/h3-8H,1-2H3/i9+2. The second-order valence-electron chi connectivity index (χ2n) is 3.29. The highest BCUT2D eigenvalue weighted by Gasteiger charge is 2.05. The molecule has 0 atom stereocenters. The van der Waals surface area contributed by atoms with E-state index in [2.05, 4.69) is 0 Å². The number of benzene rings is 1. The van der Waals surface area contributed by atoms with Crippen molar-refractivity contribution in [3.05, 3.63) is 52.4 Å². The lowest BCUT2D eigenvalue weighted by Gasteiger charge is -2.07. The molecule has 14 heavy (non-hydrogen) atoms. The van der Waals surface area contributed by atoms with Gasteiger partial charge in [0.2, 0.25) is 0 Å². The van der Waals surface area contributed by atoms with Gasteiger partial charge in [0.25, 0.3) is 5.56 Å². The molecule has 0 fully saturated rings. The summed E-state index contributed by atoms with van der Waals surface area (Å²) in [5.74, 6) is 0. The Morgan fingerprint density at radius 3 is 2.36 bits per heavy atom. The highest BCUT2D eigenvalue weighted by molar-refractivity contribution is 5.30. The zero-order valence-electron chi connectivity index (χ0n) is 8.27. The Labute approximate surface area is 82.2 Å². The highest BCUT2D eigenvalue weighted by atomic mass is 16.1. The van der Waals surface area contributed by atoms with Crippen LogP contribution in [0, 0.1) is 6.92 Å². The van der Waals surface area contributed by atoms with Crippen LogP contribution in [0.15, 0.2) is 41.2 Å². The molecule has 0 aliphatic carbocycles. The third kappa shape index (κ3) is 1.27. The summed E-state index contributed by atoms with van der Waals surface area (Å²) in [6, 6.07) is 11.2. The molecule has 0 aliphatic heterocycles. The number of hydrogen-bond donors (Lipinski definition) is 0. The second-order valence-corrected chi connectivity index (χ2v) is 3.29. The average Bonchev–Trinajstić information content (AvgIpc) is 2.43. The minimum atomic E-state index is 0.0104. The summed E-state index contributed by atoms with van der Waals surface area (Å²) in [6.07, 6.45) is 0. The Kier molecular flexibility index (Phi) is 2.00. The molecule has 72 valence electrons. The molecular formula is C11H12N2O. The summed E-state index contributed by atoms with van der Waals surface area (Å²) in [7, 11) is 1.88. The molecule has 0 aliphatic rings. The molecule has 0 amide bonds. The van der Waals surface area contributed by atoms with E-state index in [1.54, 1.807) is 10.7 Å². The number of para-hydroxylation sites is 1. The van der Waals surface area contributed by atoms with E-state index in [4.69, 9.17) is 0 Å². The number of nitrogens with zero attached hydrogens (tertiary/aromatic N) is 2. The number of aromatic nitrogens is 2. The lowest BCUT2D eigenvalue weighted by Crippen LogP contribution is -2.18. The van der Waals surface area contributed by atoms with Crippen LogP contribution in [-0.2, 0) is 7.05 Å². The largest absolute Gasteiger partial charge is 0.285 e. The molecule has 2 aromatic rings.